The third kappa shape index (κ3) is 10.6. The van der Waals surface area contributed by atoms with E-state index in [1.165, 1.54) is 56.6 Å². The molecule has 10 unspecified atom stereocenters. The van der Waals surface area contributed by atoms with Gasteiger partial charge in [-0.25, -0.2) is 0 Å². The number of rotatable bonds is 5. The number of aliphatic hydroxyl groups excluding tert-OH is 1. The van der Waals surface area contributed by atoms with E-state index in [1.54, 1.807) is 0 Å². The number of phenolic OH excluding ortho intramolecular Hbond substituents is 1. The van der Waals surface area contributed by atoms with Crippen LogP contribution in [0.3, 0.4) is 0 Å². The van der Waals surface area contributed by atoms with Crippen LogP contribution < -0.4 is 15.8 Å². The normalized spacial score (nSPS) is 34.6. The van der Waals surface area contributed by atoms with Crippen LogP contribution in [0.4, 0.5) is 0 Å². The van der Waals surface area contributed by atoms with E-state index in [2.05, 4.69) is 82.8 Å². The number of hydrogen-bond acceptors (Lipinski definition) is 11. The lowest BCUT2D eigenvalue weighted by Gasteiger charge is -2.44. The van der Waals surface area contributed by atoms with Crippen LogP contribution in [0.5, 0.6) is 11.5 Å². The van der Waals surface area contributed by atoms with Gasteiger partial charge in [-0.15, -0.1) is 0 Å². The molecular formula is C62H84N4O6S2. The third-order valence-electron chi connectivity index (χ3n) is 20.4. The number of nitrogens with two attached hydrogens (primary N) is 1. The molecule has 74 heavy (non-hydrogen) atoms. The van der Waals surface area contributed by atoms with Crippen molar-refractivity contribution in [2.24, 2.45) is 45.2 Å². The zero-order valence-electron chi connectivity index (χ0n) is 44.2. The molecule has 12 rings (SSSR count). The number of aliphatic hydroxyl groups is 1. The number of aryl methyl sites for hydroxylation is 2. The zero-order valence-corrected chi connectivity index (χ0v) is 45.8. The Kier molecular flexibility index (Phi) is 15.7. The van der Waals surface area contributed by atoms with Gasteiger partial charge in [0.1, 0.15) is 16.6 Å². The predicted molar refractivity (Wildman–Crippen MR) is 298 cm³/mol. The second kappa shape index (κ2) is 22.2. The van der Waals surface area contributed by atoms with Crippen molar-refractivity contribution in [1.82, 2.24) is 10.2 Å². The SMILES string of the molecule is CC(=O)OC12CCc3cc(c(O)c4c3CCC3CCCC3O4)CN3CC4(CC3=O)C(CCC4c3ccccc3)CN=C(N)NC3(CCCC34CCCC4)SSCC(CCc3ccccc3)CCCC(CC1)C(O)C2. The van der Waals surface area contributed by atoms with Crippen molar-refractivity contribution in [3.05, 3.63) is 94.5 Å². The smallest absolute Gasteiger partial charge is 0.303 e. The van der Waals surface area contributed by atoms with Gasteiger partial charge in [0.25, 0.3) is 0 Å². The van der Waals surface area contributed by atoms with E-state index in [9.17, 15) is 19.8 Å². The van der Waals surface area contributed by atoms with Crippen LogP contribution in [-0.2, 0) is 40.1 Å². The molecule has 5 N–H and O–H groups in total. The number of carbonyl (C=O) groups is 2. The fraction of sp³-hybridized carbons (Fsp3) is 0.661. The van der Waals surface area contributed by atoms with Crippen molar-refractivity contribution >= 4 is 39.4 Å². The summed E-state index contributed by atoms with van der Waals surface area (Å²) in [4.78, 5) is 34.9. The number of aromatic hydroxyl groups is 1. The summed E-state index contributed by atoms with van der Waals surface area (Å²) in [5.41, 5.74) is 11.7. The Labute approximate surface area is 449 Å². The number of phenols is 1. The number of esters is 1. The van der Waals surface area contributed by atoms with E-state index in [4.69, 9.17) is 20.2 Å². The molecule has 9 aliphatic rings. The van der Waals surface area contributed by atoms with Crippen molar-refractivity contribution in [2.45, 2.75) is 203 Å². The highest BCUT2D eigenvalue weighted by atomic mass is 33.1. The number of nitrogens with zero attached hydrogens (tertiary/aromatic N) is 2. The molecule has 1 saturated heterocycles. The zero-order chi connectivity index (χ0) is 50.9. The average molecular weight is 1050 g/mol. The molecule has 3 aromatic rings. The lowest BCUT2D eigenvalue weighted by atomic mass is 9.68. The van der Waals surface area contributed by atoms with E-state index in [0.29, 0.717) is 74.3 Å². The molecule has 10 nitrogen and oxygen atoms in total. The number of benzene rings is 3. The Bertz CT molecular complexity index is 2480. The molecule has 3 spiro atoms. The minimum absolute atomic E-state index is 0.0610. The summed E-state index contributed by atoms with van der Waals surface area (Å²) in [6.45, 7) is 2.93. The number of aliphatic imine (C=N–C) groups is 1. The van der Waals surface area contributed by atoms with Gasteiger partial charge in [0.15, 0.2) is 17.5 Å². The van der Waals surface area contributed by atoms with Crippen LogP contribution in [0.25, 0.3) is 0 Å². The maximum Gasteiger partial charge on any atom is 0.303 e. The number of guanidine groups is 1. The highest BCUT2D eigenvalue weighted by molar-refractivity contribution is 8.77. The van der Waals surface area contributed by atoms with Crippen LogP contribution in [0.15, 0.2) is 71.7 Å². The standard InChI is InChI=1S/C62H84N4O6S2/c1-42(67)72-60-33-27-46(53(68)36-60)18-10-15-44(22-21-43-13-4-2-5-14-43)40-73-74-62(32-12-31-59(62)29-8-9-30-59)65-58(63)64-38-50-24-26-52(45-16-6-3-7-17-45)61(50)37-55(69)66(41-61)39-49-35-48(28-34-60)51-25-23-47-19-11-20-54(47)71-57(51)56(49)70/h2-7,13-14,16-17,35,44,46-47,50,52-54,68,70H,8-12,15,18-34,36-41H2,1H3,(H3,63,64,65). The summed E-state index contributed by atoms with van der Waals surface area (Å²) < 4.78 is 13.3. The number of hydrogen-bond donors (Lipinski definition) is 4. The van der Waals surface area contributed by atoms with E-state index in [-0.39, 0.29) is 63.7 Å². The van der Waals surface area contributed by atoms with Crippen LogP contribution >= 0.6 is 21.6 Å². The lowest BCUT2D eigenvalue weighted by molar-refractivity contribution is -0.168. The quantitative estimate of drug-likeness (QED) is 0.144. The number of ether oxygens (including phenoxy) is 2. The van der Waals surface area contributed by atoms with Gasteiger partial charge in [-0.1, -0.05) is 102 Å². The summed E-state index contributed by atoms with van der Waals surface area (Å²) >= 11 is 0. The maximum absolute atomic E-state index is 14.8. The van der Waals surface area contributed by atoms with Gasteiger partial charge in [-0.3, -0.25) is 14.6 Å². The topological polar surface area (TPSA) is 147 Å². The van der Waals surface area contributed by atoms with Crippen molar-refractivity contribution < 1.29 is 29.3 Å². The fourth-order valence-electron chi connectivity index (χ4n) is 16.5. The molecule has 0 radical (unpaired) electrons. The molecule has 6 fully saturated rings. The highest BCUT2D eigenvalue weighted by Crippen LogP contribution is 2.64. The maximum atomic E-state index is 14.8. The van der Waals surface area contributed by atoms with Gasteiger partial charge in [-0.05, 0) is 181 Å². The highest BCUT2D eigenvalue weighted by Gasteiger charge is 2.58. The second-order valence-corrected chi connectivity index (χ2v) is 27.3. The van der Waals surface area contributed by atoms with E-state index in [1.807, 2.05) is 15.7 Å². The van der Waals surface area contributed by atoms with Crippen LogP contribution in [0.1, 0.15) is 182 Å². The van der Waals surface area contributed by atoms with Gasteiger partial charge in [0.2, 0.25) is 5.91 Å². The third-order valence-corrected chi connectivity index (χ3v) is 23.8. The Morgan fingerprint density at radius 2 is 1.64 bits per heavy atom. The summed E-state index contributed by atoms with van der Waals surface area (Å²) in [5.74, 6) is 3.60. The molecule has 0 aromatic heterocycles. The molecular weight excluding hydrogens is 961 g/mol. The average Bonchev–Trinajstić information content (AvgIpc) is 4.24. The summed E-state index contributed by atoms with van der Waals surface area (Å²) in [6, 6.07) is 23.9. The van der Waals surface area contributed by atoms with Gasteiger partial charge >= 0.3 is 5.97 Å². The second-order valence-electron chi connectivity index (χ2n) is 24.7. The number of fused-ring (bicyclic) bond motifs is 13. The van der Waals surface area contributed by atoms with Crippen molar-refractivity contribution in [3.63, 3.8) is 0 Å². The van der Waals surface area contributed by atoms with Crippen LogP contribution in [-0.4, -0.2) is 74.5 Å². The van der Waals surface area contributed by atoms with Gasteiger partial charge < -0.3 is 35.6 Å². The first-order chi connectivity index (χ1) is 35.9. The van der Waals surface area contributed by atoms with E-state index in [0.717, 1.165) is 107 Å². The fourth-order valence-corrected chi connectivity index (χ4v) is 20.4. The minimum Gasteiger partial charge on any atom is -0.504 e. The molecule has 4 heterocycles. The largest absolute Gasteiger partial charge is 0.504 e. The molecule has 1 amide bonds. The van der Waals surface area contributed by atoms with Gasteiger partial charge in [-0.2, -0.15) is 0 Å². The lowest BCUT2D eigenvalue weighted by Crippen LogP contribution is -2.55. The van der Waals surface area contributed by atoms with Crippen molar-refractivity contribution in [2.75, 3.05) is 18.8 Å². The Hall–Kier alpha value is -3.87. The van der Waals surface area contributed by atoms with Crippen LogP contribution in [0, 0.1) is 34.5 Å². The minimum atomic E-state index is -0.792. The number of carbonyl (C=O) groups excluding carboxylic acids is 2. The predicted octanol–water partition coefficient (Wildman–Crippen LogP) is 12.4. The number of amides is 1. The van der Waals surface area contributed by atoms with Gasteiger partial charge in [0.05, 0.1) is 6.10 Å². The molecule has 6 bridgehead atoms. The van der Waals surface area contributed by atoms with E-state index < -0.39 is 11.7 Å². The summed E-state index contributed by atoms with van der Waals surface area (Å²) in [5, 5.41) is 28.5. The summed E-state index contributed by atoms with van der Waals surface area (Å²) in [7, 11) is 4.10. The van der Waals surface area contributed by atoms with Crippen molar-refractivity contribution in [1.29, 1.82) is 0 Å². The molecule has 5 aliphatic carbocycles. The molecule has 4 aliphatic heterocycles. The first-order valence-electron chi connectivity index (χ1n) is 29.1. The molecule has 3 aromatic carbocycles. The Morgan fingerprint density at radius 1 is 0.865 bits per heavy atom. The van der Waals surface area contributed by atoms with Gasteiger partial charge in [0, 0.05) is 67.1 Å². The molecule has 10 atom stereocenters. The van der Waals surface area contributed by atoms with E-state index >= 15 is 0 Å². The Balaban J connectivity index is 0.944. The van der Waals surface area contributed by atoms with Crippen LogP contribution in [0.2, 0.25) is 0 Å². The first kappa shape index (κ1) is 52.2. The molecule has 400 valence electrons. The Morgan fingerprint density at radius 3 is 2.43 bits per heavy atom. The monoisotopic (exact) mass is 1040 g/mol. The molecule has 5 saturated carbocycles. The van der Waals surface area contributed by atoms with Crippen molar-refractivity contribution in [3.8, 4) is 11.5 Å². The number of nitrogens with one attached hydrogen (secondary N) is 1. The summed E-state index contributed by atoms with van der Waals surface area (Å²) in [6.07, 6.45) is 23.8. The first-order valence-corrected chi connectivity index (χ1v) is 31.4. The molecule has 12 heteroatoms.